The summed E-state index contributed by atoms with van der Waals surface area (Å²) in [7, 11) is 6.33. The minimum absolute atomic E-state index is 0.0409. The zero-order valence-corrected chi connectivity index (χ0v) is 25.9. The summed E-state index contributed by atoms with van der Waals surface area (Å²) in [4.78, 5) is 0. The second kappa shape index (κ2) is 12.6. The molecule has 0 bridgehead atoms. The standard InChI is InChI=1S/C40H36P2/c41-38(42)37(31-19-7-1-8-20-31)40(35-27-15-5-16-28-35,36-29-17-6-18-30-36)39(32-21-9-2-10-22-32,33-23-11-3-12-24-33)34-25-13-4-14-26-34/h1-30,37-38H,41-42H2. The average Bonchev–Trinajstić information content (AvgIpc) is 3.07. The maximum Gasteiger partial charge on any atom is 0.0594 e. The van der Waals surface area contributed by atoms with E-state index in [1.807, 2.05) is 0 Å². The van der Waals surface area contributed by atoms with Crippen molar-refractivity contribution in [2.75, 3.05) is 0 Å². The number of rotatable bonds is 9. The van der Waals surface area contributed by atoms with Crippen LogP contribution in [0.5, 0.6) is 0 Å². The van der Waals surface area contributed by atoms with Gasteiger partial charge in [0.2, 0.25) is 0 Å². The fraction of sp³-hybridized carbons (Fsp3) is 0.100. The van der Waals surface area contributed by atoms with Crippen LogP contribution in [0.15, 0.2) is 182 Å². The molecule has 0 spiro atoms. The summed E-state index contributed by atoms with van der Waals surface area (Å²) in [6.45, 7) is 0. The van der Waals surface area contributed by atoms with Crippen LogP contribution in [0.1, 0.15) is 39.3 Å². The molecule has 6 rings (SSSR count). The Kier molecular flexibility index (Phi) is 8.48. The van der Waals surface area contributed by atoms with Crippen LogP contribution < -0.4 is 0 Å². The largest absolute Gasteiger partial charge is 0.130 e. The summed E-state index contributed by atoms with van der Waals surface area (Å²) in [5.41, 5.74) is 6.41. The van der Waals surface area contributed by atoms with Crippen molar-refractivity contribution in [2.24, 2.45) is 0 Å². The zero-order chi connectivity index (χ0) is 28.8. The van der Waals surface area contributed by atoms with Crippen LogP contribution >= 0.6 is 18.5 Å². The van der Waals surface area contributed by atoms with Crippen molar-refractivity contribution in [1.82, 2.24) is 0 Å². The molecule has 6 aromatic rings. The van der Waals surface area contributed by atoms with Crippen molar-refractivity contribution in [3.63, 3.8) is 0 Å². The fourth-order valence-electron chi connectivity index (χ4n) is 7.26. The van der Waals surface area contributed by atoms with E-state index in [1.165, 1.54) is 33.4 Å². The van der Waals surface area contributed by atoms with Crippen LogP contribution in [0, 0.1) is 0 Å². The second-order valence-electron chi connectivity index (χ2n) is 10.9. The highest BCUT2D eigenvalue weighted by Gasteiger charge is 2.61. The fourth-order valence-corrected chi connectivity index (χ4v) is 8.28. The Morgan fingerprint density at radius 2 is 0.595 bits per heavy atom. The Morgan fingerprint density at radius 1 is 0.333 bits per heavy atom. The van der Waals surface area contributed by atoms with Gasteiger partial charge in [-0.1, -0.05) is 182 Å². The van der Waals surface area contributed by atoms with Crippen LogP contribution in [0.2, 0.25) is 0 Å². The molecule has 0 aliphatic carbocycles. The monoisotopic (exact) mass is 578 g/mol. The van der Waals surface area contributed by atoms with Gasteiger partial charge in [-0.3, -0.25) is 0 Å². The summed E-state index contributed by atoms with van der Waals surface area (Å²) in [5.74, 6) is 0.0409. The Labute approximate surface area is 255 Å². The first kappa shape index (κ1) is 28.3. The lowest BCUT2D eigenvalue weighted by Gasteiger charge is -2.58. The summed E-state index contributed by atoms with van der Waals surface area (Å²) >= 11 is 0. The van der Waals surface area contributed by atoms with Crippen molar-refractivity contribution in [1.29, 1.82) is 0 Å². The van der Waals surface area contributed by atoms with E-state index in [0.29, 0.717) is 0 Å². The summed E-state index contributed by atoms with van der Waals surface area (Å²) < 4.78 is 0. The van der Waals surface area contributed by atoms with Gasteiger partial charge in [-0.25, -0.2) is 0 Å². The lowest BCUT2D eigenvalue weighted by molar-refractivity contribution is 0.303. The molecular formula is C40H36P2. The number of benzene rings is 6. The molecule has 0 amide bonds. The van der Waals surface area contributed by atoms with Gasteiger partial charge in [0, 0.05) is 11.3 Å². The molecule has 0 fully saturated rings. The Bertz CT molecular complexity index is 1530. The third-order valence-electron chi connectivity index (χ3n) is 8.68. The molecule has 0 heterocycles. The quantitative estimate of drug-likeness (QED) is 0.118. The lowest BCUT2D eigenvalue weighted by atomic mass is 9.44. The average molecular weight is 579 g/mol. The van der Waals surface area contributed by atoms with E-state index >= 15 is 0 Å². The van der Waals surface area contributed by atoms with E-state index in [0.717, 1.165) is 0 Å². The molecule has 42 heavy (non-hydrogen) atoms. The molecule has 0 radical (unpaired) electrons. The zero-order valence-electron chi connectivity index (χ0n) is 23.6. The minimum Gasteiger partial charge on any atom is -0.130 e. The third-order valence-corrected chi connectivity index (χ3v) is 9.45. The molecule has 0 aliphatic heterocycles. The summed E-state index contributed by atoms with van der Waals surface area (Å²) in [5, 5.41) is 0.142. The SMILES string of the molecule is PC(P)C(c1ccccc1)C(c1ccccc1)(c1ccccc1)C(c1ccccc1)(c1ccccc1)c1ccccc1. The van der Waals surface area contributed by atoms with Crippen LogP contribution in [0.4, 0.5) is 0 Å². The van der Waals surface area contributed by atoms with Crippen molar-refractivity contribution >= 4 is 18.5 Å². The molecule has 2 heteroatoms. The Hall–Kier alpha value is -3.82. The highest BCUT2D eigenvalue weighted by molar-refractivity contribution is 7.38. The summed E-state index contributed by atoms with van der Waals surface area (Å²) in [6.07, 6.45) is 0. The molecule has 6 aromatic carbocycles. The summed E-state index contributed by atoms with van der Waals surface area (Å²) in [6, 6.07) is 66.9. The van der Waals surface area contributed by atoms with E-state index < -0.39 is 10.8 Å². The van der Waals surface area contributed by atoms with E-state index in [1.54, 1.807) is 0 Å². The first-order valence-corrected chi connectivity index (χ1v) is 15.9. The van der Waals surface area contributed by atoms with Gasteiger partial charge in [-0.2, -0.15) is 0 Å². The lowest BCUT2D eigenvalue weighted by Crippen LogP contribution is -2.56. The van der Waals surface area contributed by atoms with E-state index in [-0.39, 0.29) is 11.3 Å². The highest BCUT2D eigenvalue weighted by atomic mass is 31.1. The van der Waals surface area contributed by atoms with E-state index in [4.69, 9.17) is 0 Å². The predicted molar refractivity (Wildman–Crippen MR) is 185 cm³/mol. The first-order chi connectivity index (χ1) is 20.7. The maximum absolute atomic E-state index is 3.17. The maximum atomic E-state index is 3.17. The van der Waals surface area contributed by atoms with Gasteiger partial charge in [0.15, 0.2) is 0 Å². The topological polar surface area (TPSA) is 0 Å². The van der Waals surface area contributed by atoms with Crippen LogP contribution in [0.3, 0.4) is 0 Å². The molecule has 0 aliphatic rings. The Balaban J connectivity index is 1.94. The molecule has 0 N–H and O–H groups in total. The molecule has 3 atom stereocenters. The number of hydrogen-bond donors (Lipinski definition) is 0. The molecule has 0 aromatic heterocycles. The van der Waals surface area contributed by atoms with Gasteiger partial charge < -0.3 is 0 Å². The van der Waals surface area contributed by atoms with Crippen molar-refractivity contribution < 1.29 is 0 Å². The molecule has 0 nitrogen and oxygen atoms in total. The Morgan fingerprint density at radius 3 is 0.881 bits per heavy atom. The van der Waals surface area contributed by atoms with Crippen LogP contribution in [-0.2, 0) is 10.8 Å². The predicted octanol–water partition coefficient (Wildman–Crippen LogP) is 9.87. The molecule has 3 unspecified atom stereocenters. The van der Waals surface area contributed by atoms with Gasteiger partial charge >= 0.3 is 0 Å². The molecule has 0 saturated heterocycles. The van der Waals surface area contributed by atoms with Gasteiger partial charge in [-0.05, 0) is 38.8 Å². The van der Waals surface area contributed by atoms with E-state index in [2.05, 4.69) is 200 Å². The van der Waals surface area contributed by atoms with Gasteiger partial charge in [0.25, 0.3) is 0 Å². The second-order valence-corrected chi connectivity index (χ2v) is 13.2. The van der Waals surface area contributed by atoms with Gasteiger partial charge in [0.1, 0.15) is 0 Å². The molecule has 0 saturated carbocycles. The van der Waals surface area contributed by atoms with Crippen molar-refractivity contribution in [3.05, 3.63) is 215 Å². The third kappa shape index (κ3) is 4.74. The van der Waals surface area contributed by atoms with Crippen molar-refractivity contribution in [3.8, 4) is 0 Å². The van der Waals surface area contributed by atoms with Gasteiger partial charge in [-0.15, -0.1) is 18.5 Å². The first-order valence-electron chi connectivity index (χ1n) is 14.5. The smallest absolute Gasteiger partial charge is 0.0594 e. The van der Waals surface area contributed by atoms with Crippen LogP contribution in [0.25, 0.3) is 0 Å². The minimum atomic E-state index is -0.620. The highest BCUT2D eigenvalue weighted by Crippen LogP contribution is 2.64. The van der Waals surface area contributed by atoms with Gasteiger partial charge in [0.05, 0.1) is 5.41 Å². The van der Waals surface area contributed by atoms with Crippen molar-refractivity contribution in [2.45, 2.75) is 22.1 Å². The van der Waals surface area contributed by atoms with Crippen LogP contribution in [-0.4, -0.2) is 5.40 Å². The normalized spacial score (nSPS) is 12.6. The molecule has 206 valence electrons. The van der Waals surface area contributed by atoms with E-state index in [9.17, 15) is 0 Å². The molecular weight excluding hydrogens is 542 g/mol. The number of hydrogen-bond acceptors (Lipinski definition) is 0.